The molecule has 2 atom stereocenters. The Morgan fingerprint density at radius 2 is 1.79 bits per heavy atom. The molecule has 0 spiro atoms. The predicted molar refractivity (Wildman–Crippen MR) is 107 cm³/mol. The first-order chi connectivity index (χ1) is 13.2. The van der Waals surface area contributed by atoms with E-state index in [9.17, 15) is 17.6 Å². The van der Waals surface area contributed by atoms with Gasteiger partial charge < -0.3 is 10.1 Å². The number of nitrogens with zero attached hydrogens (tertiary/aromatic N) is 1. The molecule has 1 N–H and O–H groups in total. The van der Waals surface area contributed by atoms with Gasteiger partial charge in [0.25, 0.3) is 0 Å². The maximum absolute atomic E-state index is 13.3. The Morgan fingerprint density at radius 1 is 1.18 bits per heavy atom. The van der Waals surface area contributed by atoms with Crippen molar-refractivity contribution in [2.24, 2.45) is 0 Å². The fourth-order valence-electron chi connectivity index (χ4n) is 3.06. The molecule has 8 heteroatoms. The Labute approximate surface area is 165 Å². The third-order valence-corrected chi connectivity index (χ3v) is 5.55. The number of halogens is 1. The molecular weight excluding hydrogens is 383 g/mol. The smallest absolute Gasteiger partial charge is 0.244 e. The average molecular weight is 408 g/mol. The quantitative estimate of drug-likeness (QED) is 0.728. The standard InChI is InChI=1S/C20H25FN2O4S/c1-5-18(23(28(4,25)26)16-12-10-15(21)11-13-16)20(24)22-14(2)17-8-6-7-9-19(17)27-3/h6-14,18H,5H2,1-4H3,(H,22,24)/t14-,18-/m0/s1. The number of hydrogen-bond donors (Lipinski definition) is 1. The second kappa shape index (κ2) is 9.05. The van der Waals surface area contributed by atoms with Crippen LogP contribution in [0.1, 0.15) is 31.9 Å². The van der Waals surface area contributed by atoms with Gasteiger partial charge in [-0.2, -0.15) is 0 Å². The van der Waals surface area contributed by atoms with E-state index in [2.05, 4.69) is 5.32 Å². The fraction of sp³-hybridized carbons (Fsp3) is 0.350. The van der Waals surface area contributed by atoms with Crippen molar-refractivity contribution in [1.29, 1.82) is 0 Å². The number of rotatable bonds is 8. The lowest BCUT2D eigenvalue weighted by Crippen LogP contribution is -2.49. The van der Waals surface area contributed by atoms with Gasteiger partial charge in [0.15, 0.2) is 0 Å². The molecule has 6 nitrogen and oxygen atoms in total. The summed E-state index contributed by atoms with van der Waals surface area (Å²) < 4.78 is 44.4. The van der Waals surface area contributed by atoms with Crippen molar-refractivity contribution in [3.8, 4) is 5.75 Å². The SMILES string of the molecule is CC[C@@H](C(=O)N[C@@H](C)c1ccccc1OC)N(c1ccc(F)cc1)S(C)(=O)=O. The molecule has 0 aliphatic carbocycles. The molecule has 1 amide bonds. The number of amides is 1. The third kappa shape index (κ3) is 5.01. The summed E-state index contributed by atoms with van der Waals surface area (Å²) in [6.07, 6.45) is 1.27. The summed E-state index contributed by atoms with van der Waals surface area (Å²) in [6.45, 7) is 3.52. The number of carbonyl (C=O) groups is 1. The number of ether oxygens (including phenoxy) is 1. The van der Waals surface area contributed by atoms with E-state index in [1.165, 1.54) is 12.1 Å². The van der Waals surface area contributed by atoms with Crippen LogP contribution in [0.2, 0.25) is 0 Å². The van der Waals surface area contributed by atoms with E-state index < -0.39 is 33.8 Å². The van der Waals surface area contributed by atoms with E-state index >= 15 is 0 Å². The molecule has 0 saturated heterocycles. The second-order valence-corrected chi connectivity index (χ2v) is 8.29. The number of methoxy groups -OCH3 is 1. The molecule has 0 aromatic heterocycles. The molecule has 152 valence electrons. The highest BCUT2D eigenvalue weighted by Crippen LogP contribution is 2.26. The van der Waals surface area contributed by atoms with Gasteiger partial charge in [0.1, 0.15) is 17.6 Å². The Kier molecular flexibility index (Phi) is 7.01. The molecular formula is C20H25FN2O4S. The molecule has 0 aliphatic heterocycles. The minimum atomic E-state index is -3.78. The molecule has 0 heterocycles. The van der Waals surface area contributed by atoms with Gasteiger partial charge in [0.2, 0.25) is 15.9 Å². The topological polar surface area (TPSA) is 75.7 Å². The average Bonchev–Trinajstić information content (AvgIpc) is 2.65. The van der Waals surface area contributed by atoms with Crippen LogP contribution in [0.5, 0.6) is 5.75 Å². The normalized spacial score (nSPS) is 13.5. The van der Waals surface area contributed by atoms with Crippen molar-refractivity contribution < 1.29 is 22.3 Å². The summed E-state index contributed by atoms with van der Waals surface area (Å²) in [5.74, 6) is -0.308. The van der Waals surface area contributed by atoms with Crippen molar-refractivity contribution in [1.82, 2.24) is 5.32 Å². The van der Waals surface area contributed by atoms with Crippen LogP contribution in [-0.4, -0.2) is 33.7 Å². The van der Waals surface area contributed by atoms with E-state index in [1.54, 1.807) is 27.0 Å². The lowest BCUT2D eigenvalue weighted by Gasteiger charge is -2.31. The van der Waals surface area contributed by atoms with Crippen molar-refractivity contribution in [3.05, 3.63) is 59.9 Å². The first-order valence-electron chi connectivity index (χ1n) is 8.87. The molecule has 2 rings (SSSR count). The van der Waals surface area contributed by atoms with Crippen LogP contribution < -0.4 is 14.4 Å². The Hall–Kier alpha value is -2.61. The first kappa shape index (κ1) is 21.7. The van der Waals surface area contributed by atoms with Crippen molar-refractivity contribution in [3.63, 3.8) is 0 Å². The van der Waals surface area contributed by atoms with Crippen LogP contribution in [0.3, 0.4) is 0 Å². The number of para-hydroxylation sites is 1. The molecule has 0 unspecified atom stereocenters. The van der Waals surface area contributed by atoms with E-state index in [4.69, 9.17) is 4.74 Å². The monoisotopic (exact) mass is 408 g/mol. The van der Waals surface area contributed by atoms with Gasteiger partial charge in [0.05, 0.1) is 25.1 Å². The second-order valence-electron chi connectivity index (χ2n) is 6.43. The number of anilines is 1. The molecule has 0 radical (unpaired) electrons. The summed E-state index contributed by atoms with van der Waals surface area (Å²) >= 11 is 0. The number of carbonyl (C=O) groups excluding carboxylic acids is 1. The molecule has 0 bridgehead atoms. The Morgan fingerprint density at radius 3 is 2.32 bits per heavy atom. The van der Waals surface area contributed by atoms with E-state index in [-0.39, 0.29) is 12.1 Å². The van der Waals surface area contributed by atoms with E-state index in [0.29, 0.717) is 5.75 Å². The summed E-state index contributed by atoms with van der Waals surface area (Å²) in [5, 5.41) is 2.86. The molecule has 2 aromatic rings. The van der Waals surface area contributed by atoms with Gasteiger partial charge in [-0.25, -0.2) is 12.8 Å². The molecule has 0 aliphatic rings. The van der Waals surface area contributed by atoms with Crippen LogP contribution in [0.25, 0.3) is 0 Å². The highest BCUT2D eigenvalue weighted by Gasteiger charge is 2.32. The van der Waals surface area contributed by atoms with Crippen LogP contribution >= 0.6 is 0 Å². The summed E-state index contributed by atoms with van der Waals surface area (Å²) in [5.41, 5.74) is 1.01. The predicted octanol–water partition coefficient (Wildman–Crippen LogP) is 3.26. The van der Waals surface area contributed by atoms with Gasteiger partial charge in [-0.05, 0) is 43.7 Å². The van der Waals surface area contributed by atoms with Crippen LogP contribution in [0.15, 0.2) is 48.5 Å². The lowest BCUT2D eigenvalue weighted by molar-refractivity contribution is -0.122. The first-order valence-corrected chi connectivity index (χ1v) is 10.7. The fourth-order valence-corrected chi connectivity index (χ4v) is 4.27. The minimum absolute atomic E-state index is 0.232. The van der Waals surface area contributed by atoms with Crippen molar-refractivity contribution in [2.45, 2.75) is 32.4 Å². The molecule has 0 fully saturated rings. The van der Waals surface area contributed by atoms with Gasteiger partial charge in [-0.3, -0.25) is 9.10 Å². The summed E-state index contributed by atoms with van der Waals surface area (Å²) in [6, 6.07) is 10.9. The molecule has 28 heavy (non-hydrogen) atoms. The number of hydrogen-bond acceptors (Lipinski definition) is 4. The lowest BCUT2D eigenvalue weighted by atomic mass is 10.1. The van der Waals surface area contributed by atoms with Crippen molar-refractivity contribution in [2.75, 3.05) is 17.7 Å². The highest BCUT2D eigenvalue weighted by atomic mass is 32.2. The van der Waals surface area contributed by atoms with Gasteiger partial charge in [-0.1, -0.05) is 25.1 Å². The van der Waals surface area contributed by atoms with Crippen LogP contribution in [0.4, 0.5) is 10.1 Å². The van der Waals surface area contributed by atoms with Gasteiger partial charge in [-0.15, -0.1) is 0 Å². The zero-order valence-electron chi connectivity index (χ0n) is 16.3. The third-order valence-electron chi connectivity index (χ3n) is 4.38. The highest BCUT2D eigenvalue weighted by molar-refractivity contribution is 7.92. The largest absolute Gasteiger partial charge is 0.496 e. The van der Waals surface area contributed by atoms with Crippen molar-refractivity contribution >= 4 is 21.6 Å². The summed E-state index contributed by atoms with van der Waals surface area (Å²) in [7, 11) is -2.23. The Balaban J connectivity index is 2.32. The minimum Gasteiger partial charge on any atom is -0.496 e. The Bertz CT molecular complexity index is 916. The zero-order chi connectivity index (χ0) is 20.9. The number of sulfonamides is 1. The van der Waals surface area contributed by atoms with Gasteiger partial charge >= 0.3 is 0 Å². The maximum atomic E-state index is 13.3. The van der Waals surface area contributed by atoms with E-state index in [0.717, 1.165) is 28.3 Å². The maximum Gasteiger partial charge on any atom is 0.244 e. The molecule has 2 aromatic carbocycles. The molecule has 0 saturated carbocycles. The van der Waals surface area contributed by atoms with E-state index in [1.807, 2.05) is 18.2 Å². The summed E-state index contributed by atoms with van der Waals surface area (Å²) in [4.78, 5) is 13.0. The van der Waals surface area contributed by atoms with Gasteiger partial charge in [0, 0.05) is 5.56 Å². The van der Waals surface area contributed by atoms with Crippen LogP contribution in [-0.2, 0) is 14.8 Å². The van der Waals surface area contributed by atoms with Crippen LogP contribution in [0, 0.1) is 5.82 Å². The number of benzene rings is 2. The number of nitrogens with one attached hydrogen (secondary N) is 1. The zero-order valence-corrected chi connectivity index (χ0v) is 17.2.